The molecule has 0 saturated carbocycles. The van der Waals surface area contributed by atoms with Gasteiger partial charge in [-0.2, -0.15) is 10.1 Å². The molecule has 4 aromatic rings. The Labute approximate surface area is 166 Å². The molecule has 1 aromatic carbocycles. The topological polar surface area (TPSA) is 89.9 Å². The average molecular weight is 386 g/mol. The van der Waals surface area contributed by atoms with Crippen molar-refractivity contribution in [1.82, 2.24) is 29.8 Å². The lowest BCUT2D eigenvalue weighted by Gasteiger charge is -2.36. The fraction of sp³-hybridized carbons (Fsp3) is 0.190. The van der Waals surface area contributed by atoms with Gasteiger partial charge in [0.05, 0.1) is 29.1 Å². The number of carbonyl (C=O) groups is 1. The molecule has 0 N–H and O–H groups in total. The molecular weight excluding hydrogens is 368 g/mol. The number of benzene rings is 1. The molecule has 1 aliphatic heterocycles. The minimum absolute atomic E-state index is 0.0355. The van der Waals surface area contributed by atoms with Crippen molar-refractivity contribution in [3.05, 3.63) is 78.1 Å². The standard InChI is InChI=1S/C21H18N6O2/c1-14-17(11-23-27(14)16-7-3-2-4-8-16)21(28)26-12-15(13-26)20-24-19(25-29-20)18-9-5-6-10-22-18/h2-11,15H,12-13H2,1H3. The Morgan fingerprint density at radius 2 is 1.90 bits per heavy atom. The van der Waals surface area contributed by atoms with Crippen molar-refractivity contribution in [3.8, 4) is 17.2 Å². The minimum Gasteiger partial charge on any atom is -0.338 e. The van der Waals surface area contributed by atoms with Crippen LogP contribution in [-0.2, 0) is 0 Å². The molecule has 4 heterocycles. The van der Waals surface area contributed by atoms with Gasteiger partial charge in [-0.3, -0.25) is 9.78 Å². The van der Waals surface area contributed by atoms with E-state index in [0.29, 0.717) is 36.1 Å². The van der Waals surface area contributed by atoms with E-state index in [2.05, 4.69) is 20.2 Å². The Balaban J connectivity index is 1.28. The summed E-state index contributed by atoms with van der Waals surface area (Å²) in [5, 5.41) is 8.39. The number of pyridine rings is 1. The van der Waals surface area contributed by atoms with Gasteiger partial charge in [-0.05, 0) is 31.2 Å². The number of nitrogens with zero attached hydrogens (tertiary/aromatic N) is 6. The maximum absolute atomic E-state index is 12.9. The Hall–Kier alpha value is -3.81. The number of rotatable bonds is 4. The van der Waals surface area contributed by atoms with Gasteiger partial charge in [0.2, 0.25) is 11.7 Å². The molecule has 29 heavy (non-hydrogen) atoms. The van der Waals surface area contributed by atoms with Crippen LogP contribution in [0.4, 0.5) is 0 Å². The fourth-order valence-electron chi connectivity index (χ4n) is 3.42. The van der Waals surface area contributed by atoms with E-state index in [4.69, 9.17) is 4.52 Å². The maximum Gasteiger partial charge on any atom is 0.257 e. The predicted molar refractivity (Wildman–Crippen MR) is 104 cm³/mol. The lowest BCUT2D eigenvalue weighted by Crippen LogP contribution is -2.48. The van der Waals surface area contributed by atoms with Crippen LogP contribution in [0, 0.1) is 6.92 Å². The molecule has 1 aliphatic rings. The van der Waals surface area contributed by atoms with E-state index < -0.39 is 0 Å². The molecule has 3 aromatic heterocycles. The van der Waals surface area contributed by atoms with E-state index in [0.717, 1.165) is 11.4 Å². The van der Waals surface area contributed by atoms with E-state index in [1.54, 1.807) is 22.0 Å². The summed E-state index contributed by atoms with van der Waals surface area (Å²) in [5.74, 6) is 0.996. The summed E-state index contributed by atoms with van der Waals surface area (Å²) in [6.07, 6.45) is 3.32. The zero-order valence-electron chi connectivity index (χ0n) is 15.8. The number of likely N-dealkylation sites (tertiary alicyclic amines) is 1. The van der Waals surface area contributed by atoms with Crippen LogP contribution >= 0.6 is 0 Å². The monoisotopic (exact) mass is 386 g/mol. The van der Waals surface area contributed by atoms with Crippen molar-refractivity contribution in [2.45, 2.75) is 12.8 Å². The molecule has 0 atom stereocenters. The zero-order chi connectivity index (χ0) is 19.8. The molecule has 0 unspecified atom stereocenters. The van der Waals surface area contributed by atoms with E-state index >= 15 is 0 Å². The van der Waals surface area contributed by atoms with Crippen molar-refractivity contribution in [3.63, 3.8) is 0 Å². The number of hydrogen-bond donors (Lipinski definition) is 0. The highest BCUT2D eigenvalue weighted by atomic mass is 16.5. The summed E-state index contributed by atoms with van der Waals surface area (Å²) in [6, 6.07) is 15.3. The summed E-state index contributed by atoms with van der Waals surface area (Å²) >= 11 is 0. The Kier molecular flexibility index (Phi) is 4.16. The summed E-state index contributed by atoms with van der Waals surface area (Å²) in [7, 11) is 0. The van der Waals surface area contributed by atoms with Crippen molar-refractivity contribution in [2.75, 3.05) is 13.1 Å². The van der Waals surface area contributed by atoms with Crippen LogP contribution in [-0.4, -0.2) is 48.8 Å². The smallest absolute Gasteiger partial charge is 0.257 e. The molecule has 1 fully saturated rings. The van der Waals surface area contributed by atoms with E-state index in [9.17, 15) is 4.79 Å². The van der Waals surface area contributed by atoms with Gasteiger partial charge in [0.25, 0.3) is 5.91 Å². The molecule has 8 nitrogen and oxygen atoms in total. The first-order chi connectivity index (χ1) is 14.2. The summed E-state index contributed by atoms with van der Waals surface area (Å²) < 4.78 is 7.17. The second-order valence-corrected chi connectivity index (χ2v) is 6.97. The highest BCUT2D eigenvalue weighted by Crippen LogP contribution is 2.29. The largest absolute Gasteiger partial charge is 0.338 e. The van der Waals surface area contributed by atoms with Crippen LogP contribution < -0.4 is 0 Å². The minimum atomic E-state index is -0.0367. The van der Waals surface area contributed by atoms with Gasteiger partial charge >= 0.3 is 0 Å². The SMILES string of the molecule is Cc1c(C(=O)N2CC(c3nc(-c4ccccn4)no3)C2)cnn1-c1ccccc1. The third-order valence-corrected chi connectivity index (χ3v) is 5.09. The Bertz CT molecular complexity index is 1150. The number of para-hydroxylation sites is 1. The molecule has 1 saturated heterocycles. The molecule has 8 heteroatoms. The lowest BCUT2D eigenvalue weighted by atomic mass is 9.99. The van der Waals surface area contributed by atoms with Crippen LogP contribution in [0.5, 0.6) is 0 Å². The Morgan fingerprint density at radius 3 is 2.66 bits per heavy atom. The molecule has 0 radical (unpaired) electrons. The van der Waals surface area contributed by atoms with Gasteiger partial charge in [0.1, 0.15) is 5.69 Å². The van der Waals surface area contributed by atoms with Crippen LogP contribution in [0.3, 0.4) is 0 Å². The molecule has 0 bridgehead atoms. The Morgan fingerprint density at radius 1 is 1.10 bits per heavy atom. The normalized spacial score (nSPS) is 14.0. The average Bonchev–Trinajstić information content (AvgIpc) is 3.35. The van der Waals surface area contributed by atoms with E-state index in [1.165, 1.54) is 0 Å². The highest BCUT2D eigenvalue weighted by Gasteiger charge is 2.37. The third kappa shape index (κ3) is 3.08. The molecule has 0 spiro atoms. The van der Waals surface area contributed by atoms with Crippen molar-refractivity contribution < 1.29 is 9.32 Å². The van der Waals surface area contributed by atoms with E-state index in [-0.39, 0.29) is 11.8 Å². The lowest BCUT2D eigenvalue weighted by molar-refractivity contribution is 0.0568. The molecule has 5 rings (SSSR count). The van der Waals surface area contributed by atoms with Gasteiger partial charge in [0.15, 0.2) is 0 Å². The van der Waals surface area contributed by atoms with Gasteiger partial charge in [-0.1, -0.05) is 29.4 Å². The summed E-state index contributed by atoms with van der Waals surface area (Å²) in [6.45, 7) is 2.99. The predicted octanol–water partition coefficient (Wildman–Crippen LogP) is 2.87. The molecule has 1 amide bonds. The van der Waals surface area contributed by atoms with Gasteiger partial charge in [0, 0.05) is 19.3 Å². The van der Waals surface area contributed by atoms with Gasteiger partial charge < -0.3 is 9.42 Å². The number of hydrogen-bond acceptors (Lipinski definition) is 6. The second-order valence-electron chi connectivity index (χ2n) is 6.97. The quantitative estimate of drug-likeness (QED) is 0.536. The highest BCUT2D eigenvalue weighted by molar-refractivity contribution is 5.95. The first-order valence-corrected chi connectivity index (χ1v) is 9.35. The third-order valence-electron chi connectivity index (χ3n) is 5.09. The van der Waals surface area contributed by atoms with Crippen LogP contribution in [0.15, 0.2) is 65.4 Å². The second kappa shape index (κ2) is 6.97. The first-order valence-electron chi connectivity index (χ1n) is 9.35. The van der Waals surface area contributed by atoms with Crippen molar-refractivity contribution in [2.24, 2.45) is 0 Å². The van der Waals surface area contributed by atoms with Gasteiger partial charge in [-0.25, -0.2) is 4.68 Å². The van der Waals surface area contributed by atoms with Crippen molar-refractivity contribution >= 4 is 5.91 Å². The van der Waals surface area contributed by atoms with Gasteiger partial charge in [-0.15, -0.1) is 0 Å². The first kappa shape index (κ1) is 17.3. The van der Waals surface area contributed by atoms with Crippen molar-refractivity contribution in [1.29, 1.82) is 0 Å². The van der Waals surface area contributed by atoms with Crippen LogP contribution in [0.2, 0.25) is 0 Å². The number of aromatic nitrogens is 5. The molecule has 144 valence electrons. The zero-order valence-corrected chi connectivity index (χ0v) is 15.8. The van der Waals surface area contributed by atoms with Crippen LogP contribution in [0.25, 0.3) is 17.2 Å². The van der Waals surface area contributed by atoms with Crippen LogP contribution in [0.1, 0.15) is 27.9 Å². The summed E-state index contributed by atoms with van der Waals surface area (Å²) in [4.78, 5) is 23.3. The molecule has 0 aliphatic carbocycles. The number of carbonyl (C=O) groups excluding carboxylic acids is 1. The number of amides is 1. The maximum atomic E-state index is 12.9. The van der Waals surface area contributed by atoms with E-state index in [1.807, 2.05) is 55.5 Å². The fourth-order valence-corrected chi connectivity index (χ4v) is 3.42. The summed E-state index contributed by atoms with van der Waals surface area (Å²) in [5.41, 5.74) is 3.02. The molecular formula is C21H18N6O2.